The van der Waals surface area contributed by atoms with Gasteiger partial charge in [-0.25, -0.2) is 0 Å². The highest BCUT2D eigenvalue weighted by molar-refractivity contribution is 5.78. The Bertz CT molecular complexity index is 338. The van der Waals surface area contributed by atoms with Crippen molar-refractivity contribution in [2.45, 2.75) is 72.1 Å². The second-order valence-electron chi connectivity index (χ2n) is 6.85. The standard InChI is InChI=1S/C15H25F3O3/c1-13(2,3)14(4,15(16,17)18)12(19)21-10-20-11-8-6-5-7-9-11/h11H,5-10H2,1-4H3. The molecule has 1 rings (SSSR count). The number of carbonyl (C=O) groups excluding carboxylic acids is 1. The fourth-order valence-electron chi connectivity index (χ4n) is 2.41. The van der Waals surface area contributed by atoms with Crippen molar-refractivity contribution in [1.29, 1.82) is 0 Å². The smallest absolute Gasteiger partial charge is 0.405 e. The van der Waals surface area contributed by atoms with Gasteiger partial charge in [-0.05, 0) is 25.2 Å². The molecule has 0 bridgehead atoms. The first kappa shape index (κ1) is 18.3. The maximum Gasteiger partial charge on any atom is 0.405 e. The van der Waals surface area contributed by atoms with Gasteiger partial charge in [-0.15, -0.1) is 0 Å². The van der Waals surface area contributed by atoms with E-state index < -0.39 is 29.8 Å². The number of rotatable bonds is 4. The van der Waals surface area contributed by atoms with E-state index in [0.717, 1.165) is 39.0 Å². The van der Waals surface area contributed by atoms with E-state index in [4.69, 9.17) is 9.47 Å². The summed E-state index contributed by atoms with van der Waals surface area (Å²) >= 11 is 0. The molecule has 1 saturated carbocycles. The van der Waals surface area contributed by atoms with Crippen molar-refractivity contribution in [2.75, 3.05) is 6.79 Å². The summed E-state index contributed by atoms with van der Waals surface area (Å²) in [5.74, 6) is -1.28. The van der Waals surface area contributed by atoms with Gasteiger partial charge in [0.05, 0.1) is 6.10 Å². The fourth-order valence-corrected chi connectivity index (χ4v) is 2.41. The second-order valence-corrected chi connectivity index (χ2v) is 6.85. The van der Waals surface area contributed by atoms with E-state index in [-0.39, 0.29) is 6.10 Å². The number of hydrogen-bond donors (Lipinski definition) is 0. The first-order chi connectivity index (χ1) is 9.50. The first-order valence-electron chi connectivity index (χ1n) is 7.35. The maximum atomic E-state index is 13.3. The third kappa shape index (κ3) is 4.11. The maximum absolute atomic E-state index is 13.3. The van der Waals surface area contributed by atoms with Gasteiger partial charge in [0, 0.05) is 0 Å². The Kier molecular flexibility index (Phi) is 5.69. The van der Waals surface area contributed by atoms with Crippen LogP contribution >= 0.6 is 0 Å². The summed E-state index contributed by atoms with van der Waals surface area (Å²) in [6.07, 6.45) is 0.282. The van der Waals surface area contributed by atoms with Crippen LogP contribution in [0.15, 0.2) is 0 Å². The van der Waals surface area contributed by atoms with Crippen LogP contribution in [0.4, 0.5) is 13.2 Å². The Morgan fingerprint density at radius 3 is 2.00 bits per heavy atom. The minimum absolute atomic E-state index is 0.0154. The molecule has 0 radical (unpaired) electrons. The van der Waals surface area contributed by atoms with Crippen LogP contribution in [0.3, 0.4) is 0 Å². The molecular formula is C15H25F3O3. The van der Waals surface area contributed by atoms with Crippen molar-refractivity contribution in [1.82, 2.24) is 0 Å². The minimum atomic E-state index is -4.67. The molecule has 0 amide bonds. The Hall–Kier alpha value is -0.780. The molecule has 1 aliphatic carbocycles. The van der Waals surface area contributed by atoms with Crippen molar-refractivity contribution >= 4 is 5.97 Å². The van der Waals surface area contributed by atoms with Crippen molar-refractivity contribution in [2.24, 2.45) is 10.8 Å². The van der Waals surface area contributed by atoms with Crippen molar-refractivity contribution < 1.29 is 27.4 Å². The van der Waals surface area contributed by atoms with Crippen LogP contribution in [0.1, 0.15) is 59.8 Å². The van der Waals surface area contributed by atoms with Gasteiger partial charge in [-0.1, -0.05) is 40.0 Å². The number of carbonyl (C=O) groups is 1. The lowest BCUT2D eigenvalue weighted by Crippen LogP contribution is -2.52. The summed E-state index contributed by atoms with van der Waals surface area (Å²) in [4.78, 5) is 12.0. The number of esters is 1. The van der Waals surface area contributed by atoms with Crippen LogP contribution in [-0.2, 0) is 14.3 Å². The molecule has 0 spiro atoms. The van der Waals surface area contributed by atoms with Crippen LogP contribution in [0.25, 0.3) is 0 Å². The van der Waals surface area contributed by atoms with Gasteiger partial charge in [0.15, 0.2) is 12.2 Å². The van der Waals surface area contributed by atoms with Gasteiger partial charge < -0.3 is 9.47 Å². The van der Waals surface area contributed by atoms with Crippen LogP contribution in [0.2, 0.25) is 0 Å². The zero-order valence-electron chi connectivity index (χ0n) is 13.2. The Morgan fingerprint density at radius 1 is 1.05 bits per heavy atom. The van der Waals surface area contributed by atoms with Gasteiger partial charge in [0.1, 0.15) is 0 Å². The summed E-state index contributed by atoms with van der Waals surface area (Å²) in [6, 6.07) is 0. The Morgan fingerprint density at radius 2 is 1.57 bits per heavy atom. The summed E-state index contributed by atoms with van der Waals surface area (Å²) in [5.41, 5.74) is -3.86. The molecule has 3 nitrogen and oxygen atoms in total. The molecular weight excluding hydrogens is 285 g/mol. The van der Waals surface area contributed by atoms with Crippen LogP contribution in [0, 0.1) is 10.8 Å². The van der Waals surface area contributed by atoms with Gasteiger partial charge >= 0.3 is 12.1 Å². The quantitative estimate of drug-likeness (QED) is 0.568. The first-order valence-corrected chi connectivity index (χ1v) is 7.35. The zero-order valence-corrected chi connectivity index (χ0v) is 13.2. The highest BCUT2D eigenvalue weighted by Gasteiger charge is 2.64. The van der Waals surface area contributed by atoms with Gasteiger partial charge in [0.2, 0.25) is 0 Å². The highest BCUT2D eigenvalue weighted by atomic mass is 19.4. The molecule has 1 atom stereocenters. The van der Waals surface area contributed by atoms with Crippen LogP contribution in [0.5, 0.6) is 0 Å². The van der Waals surface area contributed by atoms with E-state index in [1.807, 2.05) is 0 Å². The van der Waals surface area contributed by atoms with E-state index >= 15 is 0 Å². The number of alkyl halides is 3. The molecule has 1 unspecified atom stereocenters. The van der Waals surface area contributed by atoms with E-state index in [2.05, 4.69) is 0 Å². The number of hydrogen-bond acceptors (Lipinski definition) is 3. The fraction of sp³-hybridized carbons (Fsp3) is 0.933. The largest absolute Gasteiger partial charge is 0.438 e. The summed E-state index contributed by atoms with van der Waals surface area (Å²) in [7, 11) is 0. The van der Waals surface area contributed by atoms with Gasteiger partial charge in [-0.2, -0.15) is 13.2 Å². The lowest BCUT2D eigenvalue weighted by Gasteiger charge is -2.40. The molecule has 0 aromatic heterocycles. The summed E-state index contributed by atoms with van der Waals surface area (Å²) in [5, 5.41) is 0. The molecule has 6 heteroatoms. The predicted molar refractivity (Wildman–Crippen MR) is 72.5 cm³/mol. The molecule has 1 fully saturated rings. The average Bonchev–Trinajstić information content (AvgIpc) is 2.36. The molecule has 21 heavy (non-hydrogen) atoms. The normalized spacial score (nSPS) is 20.9. The van der Waals surface area contributed by atoms with Crippen LogP contribution < -0.4 is 0 Å². The van der Waals surface area contributed by atoms with Crippen LogP contribution in [-0.4, -0.2) is 25.0 Å². The van der Waals surface area contributed by atoms with Crippen molar-refractivity contribution in [3.63, 3.8) is 0 Å². The third-order valence-corrected chi connectivity index (χ3v) is 4.52. The second kappa shape index (κ2) is 6.55. The van der Waals surface area contributed by atoms with Crippen molar-refractivity contribution in [3.05, 3.63) is 0 Å². The topological polar surface area (TPSA) is 35.5 Å². The highest BCUT2D eigenvalue weighted by Crippen LogP contribution is 2.51. The molecule has 0 N–H and O–H groups in total. The molecule has 0 aliphatic heterocycles. The van der Waals surface area contributed by atoms with E-state index in [1.165, 1.54) is 20.8 Å². The molecule has 0 aromatic carbocycles. The van der Waals surface area contributed by atoms with E-state index in [0.29, 0.717) is 0 Å². The van der Waals surface area contributed by atoms with Gasteiger partial charge in [0.25, 0.3) is 0 Å². The predicted octanol–water partition coefficient (Wildman–Crippen LogP) is 4.45. The average molecular weight is 310 g/mol. The lowest BCUT2D eigenvalue weighted by atomic mass is 9.67. The lowest BCUT2D eigenvalue weighted by molar-refractivity contribution is -0.260. The summed E-state index contributed by atoms with van der Waals surface area (Å²) in [6.45, 7) is 4.61. The molecule has 1 aliphatic rings. The summed E-state index contributed by atoms with van der Waals surface area (Å²) < 4.78 is 50.0. The zero-order chi connectivity index (χ0) is 16.3. The molecule has 124 valence electrons. The number of ether oxygens (including phenoxy) is 2. The van der Waals surface area contributed by atoms with Gasteiger partial charge in [-0.3, -0.25) is 4.79 Å². The molecule has 0 heterocycles. The molecule has 0 aromatic rings. The van der Waals surface area contributed by atoms with E-state index in [9.17, 15) is 18.0 Å². The minimum Gasteiger partial charge on any atom is -0.438 e. The van der Waals surface area contributed by atoms with Crippen molar-refractivity contribution in [3.8, 4) is 0 Å². The molecule has 0 saturated heterocycles. The SMILES string of the molecule is CC(C)(C)C(C)(C(=O)OCOC1CCCCC1)C(F)(F)F. The number of halogens is 3. The monoisotopic (exact) mass is 310 g/mol. The third-order valence-electron chi connectivity index (χ3n) is 4.52. The van der Waals surface area contributed by atoms with E-state index in [1.54, 1.807) is 0 Å². The Labute approximate surface area is 124 Å². The Balaban J connectivity index is 2.62.